The van der Waals surface area contributed by atoms with Gasteiger partial charge in [-0.1, -0.05) is 30.3 Å². The van der Waals surface area contributed by atoms with E-state index in [9.17, 15) is 4.79 Å². The van der Waals surface area contributed by atoms with Gasteiger partial charge in [0.25, 0.3) is 0 Å². The quantitative estimate of drug-likeness (QED) is 0.909. The number of rotatable bonds is 4. The highest BCUT2D eigenvalue weighted by Crippen LogP contribution is 2.36. The average Bonchev–Trinajstić information content (AvgIpc) is 2.63. The fourth-order valence-electron chi connectivity index (χ4n) is 3.82. The van der Waals surface area contributed by atoms with Crippen molar-refractivity contribution in [2.24, 2.45) is 0 Å². The number of nitrogens with one attached hydrogen (secondary N) is 1. The fourth-order valence-corrected chi connectivity index (χ4v) is 3.82. The minimum atomic E-state index is -0.440. The highest BCUT2D eigenvalue weighted by atomic mass is 16.5. The van der Waals surface area contributed by atoms with Crippen LogP contribution in [0.25, 0.3) is 0 Å². The van der Waals surface area contributed by atoms with E-state index in [1.807, 2.05) is 18.2 Å². The first kappa shape index (κ1) is 17.4. The van der Waals surface area contributed by atoms with Crippen molar-refractivity contribution in [2.75, 3.05) is 40.5 Å². The van der Waals surface area contributed by atoms with Crippen LogP contribution in [0.15, 0.2) is 30.3 Å². The molecule has 2 atom stereocenters. The van der Waals surface area contributed by atoms with Crippen LogP contribution in [0.4, 0.5) is 0 Å². The Balaban J connectivity index is 1.81. The monoisotopic (exact) mass is 332 g/mol. The van der Waals surface area contributed by atoms with Crippen LogP contribution in [0.2, 0.25) is 0 Å². The molecule has 5 nitrogen and oxygen atoms in total. The van der Waals surface area contributed by atoms with Gasteiger partial charge >= 0.3 is 0 Å². The van der Waals surface area contributed by atoms with Crippen molar-refractivity contribution in [3.63, 3.8) is 0 Å². The summed E-state index contributed by atoms with van der Waals surface area (Å²) in [5, 5.41) is 3.28. The molecule has 1 N–H and O–H groups in total. The van der Waals surface area contributed by atoms with Gasteiger partial charge in [-0.2, -0.15) is 0 Å². The number of piperidine rings is 1. The molecule has 0 aliphatic carbocycles. The van der Waals surface area contributed by atoms with Gasteiger partial charge in [-0.15, -0.1) is 0 Å². The van der Waals surface area contributed by atoms with E-state index in [4.69, 9.17) is 9.47 Å². The Hall–Kier alpha value is -1.43. The number of methoxy groups -OCH3 is 1. The first-order valence-corrected chi connectivity index (χ1v) is 8.81. The largest absolute Gasteiger partial charge is 0.379 e. The van der Waals surface area contributed by atoms with Gasteiger partial charge < -0.3 is 19.7 Å². The Morgan fingerprint density at radius 2 is 2.00 bits per heavy atom. The molecular weight excluding hydrogens is 304 g/mol. The number of hydrogen-bond donors (Lipinski definition) is 1. The van der Waals surface area contributed by atoms with E-state index in [0.29, 0.717) is 13.2 Å². The molecule has 1 aromatic carbocycles. The zero-order valence-electron chi connectivity index (χ0n) is 14.7. The molecule has 0 saturated carbocycles. The molecule has 2 saturated heterocycles. The zero-order chi connectivity index (χ0) is 17.0. The van der Waals surface area contributed by atoms with Gasteiger partial charge in [0, 0.05) is 13.7 Å². The molecule has 3 rings (SSSR count). The summed E-state index contributed by atoms with van der Waals surface area (Å²) in [6, 6.07) is 10.2. The molecule has 2 aliphatic heterocycles. The van der Waals surface area contributed by atoms with Gasteiger partial charge in [-0.05, 0) is 45.0 Å². The summed E-state index contributed by atoms with van der Waals surface area (Å²) in [6.45, 7) is 3.09. The van der Waals surface area contributed by atoms with Crippen LogP contribution < -0.4 is 5.32 Å². The van der Waals surface area contributed by atoms with Crippen molar-refractivity contribution < 1.29 is 14.3 Å². The first-order chi connectivity index (χ1) is 11.7. The lowest BCUT2D eigenvalue weighted by Crippen LogP contribution is -2.57. The van der Waals surface area contributed by atoms with Crippen molar-refractivity contribution in [1.29, 1.82) is 0 Å². The maximum Gasteiger partial charge on any atom is 0.231 e. The molecule has 2 heterocycles. The summed E-state index contributed by atoms with van der Waals surface area (Å²) >= 11 is 0. The highest BCUT2D eigenvalue weighted by Gasteiger charge is 2.43. The van der Waals surface area contributed by atoms with Crippen molar-refractivity contribution in [2.45, 2.75) is 36.8 Å². The third-order valence-electron chi connectivity index (χ3n) is 5.52. The Bertz CT molecular complexity index is 541. The van der Waals surface area contributed by atoms with Crippen molar-refractivity contribution in [3.8, 4) is 0 Å². The number of likely N-dealkylation sites (tertiary alicyclic amines) is 1. The molecule has 2 fully saturated rings. The maximum atomic E-state index is 13.3. The number of ether oxygens (including phenoxy) is 2. The van der Waals surface area contributed by atoms with Crippen molar-refractivity contribution >= 4 is 5.91 Å². The lowest BCUT2D eigenvalue weighted by Gasteiger charge is -2.41. The summed E-state index contributed by atoms with van der Waals surface area (Å²) < 4.78 is 11.0. The number of hydrogen-bond acceptors (Lipinski definition) is 4. The van der Waals surface area contributed by atoms with Crippen LogP contribution in [0, 0.1) is 0 Å². The lowest BCUT2D eigenvalue weighted by atomic mass is 9.71. The predicted molar refractivity (Wildman–Crippen MR) is 93.0 cm³/mol. The van der Waals surface area contributed by atoms with Crippen LogP contribution >= 0.6 is 0 Å². The normalized spacial score (nSPS) is 27.6. The first-order valence-electron chi connectivity index (χ1n) is 8.81. The molecule has 5 heteroatoms. The third kappa shape index (κ3) is 3.48. The van der Waals surface area contributed by atoms with Crippen LogP contribution in [-0.2, 0) is 19.7 Å². The predicted octanol–water partition coefficient (Wildman–Crippen LogP) is 1.57. The Morgan fingerprint density at radius 3 is 2.67 bits per heavy atom. The van der Waals surface area contributed by atoms with E-state index in [0.717, 1.165) is 37.9 Å². The van der Waals surface area contributed by atoms with E-state index < -0.39 is 5.41 Å². The second-order valence-electron chi connectivity index (χ2n) is 6.97. The molecule has 0 bridgehead atoms. The number of carbonyl (C=O) groups is 1. The SMILES string of the molecule is CO[C@@H]1COCC[C@H]1NC(=O)C1(c2ccccc2)CCN(C)CC1. The maximum absolute atomic E-state index is 13.3. The Morgan fingerprint density at radius 1 is 1.29 bits per heavy atom. The van der Waals surface area contributed by atoms with Crippen molar-refractivity contribution in [3.05, 3.63) is 35.9 Å². The molecule has 2 aliphatic rings. The fraction of sp³-hybridized carbons (Fsp3) is 0.632. The number of benzene rings is 1. The van der Waals surface area contributed by atoms with Crippen LogP contribution in [-0.4, -0.2) is 63.4 Å². The number of nitrogens with zero attached hydrogens (tertiary/aromatic N) is 1. The summed E-state index contributed by atoms with van der Waals surface area (Å²) in [5.74, 6) is 0.135. The third-order valence-corrected chi connectivity index (χ3v) is 5.52. The average molecular weight is 332 g/mol. The zero-order valence-corrected chi connectivity index (χ0v) is 14.7. The van der Waals surface area contributed by atoms with Gasteiger partial charge in [-0.3, -0.25) is 4.79 Å². The van der Waals surface area contributed by atoms with Crippen LogP contribution in [0.5, 0.6) is 0 Å². The van der Waals surface area contributed by atoms with E-state index in [1.54, 1.807) is 7.11 Å². The number of carbonyl (C=O) groups excluding carboxylic acids is 1. The van der Waals surface area contributed by atoms with Gasteiger partial charge in [0.1, 0.15) is 6.10 Å². The summed E-state index contributed by atoms with van der Waals surface area (Å²) in [5.41, 5.74) is 0.682. The second-order valence-corrected chi connectivity index (χ2v) is 6.97. The molecule has 1 amide bonds. The topological polar surface area (TPSA) is 50.8 Å². The Labute approximate surface area is 144 Å². The summed E-state index contributed by atoms with van der Waals surface area (Å²) in [6.07, 6.45) is 2.43. The summed E-state index contributed by atoms with van der Waals surface area (Å²) in [4.78, 5) is 15.6. The van der Waals surface area contributed by atoms with E-state index in [-0.39, 0.29) is 18.1 Å². The Kier molecular flexibility index (Phi) is 5.54. The second kappa shape index (κ2) is 7.64. The van der Waals surface area contributed by atoms with Crippen molar-refractivity contribution in [1.82, 2.24) is 10.2 Å². The van der Waals surface area contributed by atoms with Crippen LogP contribution in [0.3, 0.4) is 0 Å². The van der Waals surface area contributed by atoms with Gasteiger partial charge in [0.05, 0.1) is 18.1 Å². The minimum Gasteiger partial charge on any atom is -0.379 e. The van der Waals surface area contributed by atoms with Gasteiger partial charge in [0.15, 0.2) is 0 Å². The summed E-state index contributed by atoms with van der Waals surface area (Å²) in [7, 11) is 3.80. The molecule has 24 heavy (non-hydrogen) atoms. The number of amides is 1. The van der Waals surface area contributed by atoms with E-state index in [1.165, 1.54) is 0 Å². The minimum absolute atomic E-state index is 0.0245. The van der Waals surface area contributed by atoms with E-state index >= 15 is 0 Å². The van der Waals surface area contributed by atoms with E-state index in [2.05, 4.69) is 29.4 Å². The highest BCUT2D eigenvalue weighted by molar-refractivity contribution is 5.88. The lowest BCUT2D eigenvalue weighted by molar-refractivity contribution is -0.132. The smallest absolute Gasteiger partial charge is 0.231 e. The molecule has 0 radical (unpaired) electrons. The molecule has 0 unspecified atom stereocenters. The molecular formula is C19H28N2O3. The van der Waals surface area contributed by atoms with Gasteiger partial charge in [-0.25, -0.2) is 0 Å². The molecule has 1 aromatic rings. The van der Waals surface area contributed by atoms with Gasteiger partial charge in [0.2, 0.25) is 5.91 Å². The molecule has 0 aromatic heterocycles. The molecule has 0 spiro atoms. The standard InChI is InChI=1S/C19H28N2O3/c1-21-11-9-19(10-12-21,15-6-4-3-5-7-15)18(22)20-16-8-13-24-14-17(16)23-2/h3-7,16-17H,8-14H2,1-2H3,(H,20,22)/t16-,17-/m1/s1. The van der Waals surface area contributed by atoms with Crippen LogP contribution in [0.1, 0.15) is 24.8 Å². The molecule has 132 valence electrons.